The van der Waals surface area contributed by atoms with Gasteiger partial charge in [-0.05, 0) is 30.2 Å². The highest BCUT2D eigenvalue weighted by atomic mass is 35.5. The van der Waals surface area contributed by atoms with Gasteiger partial charge in [-0.25, -0.2) is 0 Å². The number of carbonyl (C=O) groups is 2. The fraction of sp³-hybridized carbons (Fsp3) is 0.263. The van der Waals surface area contributed by atoms with Crippen molar-refractivity contribution in [2.24, 2.45) is 0 Å². The summed E-state index contributed by atoms with van der Waals surface area (Å²) in [5.74, 6) is -0.943. The second-order valence-corrected chi connectivity index (χ2v) is 6.38. The highest BCUT2D eigenvalue weighted by Crippen LogP contribution is 2.34. The van der Waals surface area contributed by atoms with Crippen molar-refractivity contribution in [1.29, 1.82) is 0 Å². The molecule has 0 radical (unpaired) electrons. The van der Waals surface area contributed by atoms with Crippen molar-refractivity contribution in [3.63, 3.8) is 0 Å². The molecule has 1 atom stereocenters. The van der Waals surface area contributed by atoms with E-state index >= 15 is 0 Å². The number of ether oxygens (including phenoxy) is 1. The lowest BCUT2D eigenvalue weighted by molar-refractivity contribution is -0.145. The zero-order valence-electron chi connectivity index (χ0n) is 13.5. The third-order valence-corrected chi connectivity index (χ3v) is 4.43. The van der Waals surface area contributed by atoms with E-state index in [1.165, 1.54) is 4.90 Å². The molecule has 0 spiro atoms. The van der Waals surface area contributed by atoms with E-state index in [0.29, 0.717) is 23.8 Å². The Morgan fingerprint density at radius 3 is 2.60 bits per heavy atom. The third-order valence-electron chi connectivity index (χ3n) is 4.18. The number of rotatable bonds is 5. The Morgan fingerprint density at radius 1 is 1.16 bits per heavy atom. The van der Waals surface area contributed by atoms with E-state index in [2.05, 4.69) is 0 Å². The molecule has 25 heavy (non-hydrogen) atoms. The minimum atomic E-state index is -1.04. The second kappa shape index (κ2) is 7.57. The summed E-state index contributed by atoms with van der Waals surface area (Å²) in [6.07, 6.45) is 0.534. The van der Waals surface area contributed by atoms with Crippen molar-refractivity contribution >= 4 is 23.5 Å². The Kier molecular flexibility index (Phi) is 5.24. The highest BCUT2D eigenvalue weighted by Gasteiger charge is 2.31. The molecule has 0 aromatic heterocycles. The normalized spacial score (nSPS) is 15.8. The van der Waals surface area contributed by atoms with Gasteiger partial charge in [0.1, 0.15) is 12.3 Å². The van der Waals surface area contributed by atoms with Crippen LogP contribution < -0.4 is 4.74 Å². The van der Waals surface area contributed by atoms with Gasteiger partial charge < -0.3 is 14.7 Å². The molecule has 1 heterocycles. The number of fused-ring (bicyclic) bond motifs is 1. The average Bonchev–Trinajstić information content (AvgIpc) is 2.61. The first-order chi connectivity index (χ1) is 12.0. The van der Waals surface area contributed by atoms with E-state index in [1.807, 2.05) is 24.3 Å². The Balaban J connectivity index is 1.84. The number of carbonyl (C=O) groups excluding carboxylic acids is 1. The molecule has 1 amide bonds. The SMILES string of the molecule is O=C(O)CN(Cc1ccc(Cl)cc1)C(=O)C1CCOc2ccccc21. The molecule has 0 fully saturated rings. The maximum atomic E-state index is 13.0. The molecule has 2 aromatic rings. The van der Waals surface area contributed by atoms with Gasteiger partial charge in [0.25, 0.3) is 0 Å². The smallest absolute Gasteiger partial charge is 0.323 e. The number of hydrogen-bond donors (Lipinski definition) is 1. The maximum Gasteiger partial charge on any atom is 0.323 e. The number of halogens is 1. The summed E-state index contributed by atoms with van der Waals surface area (Å²) in [7, 11) is 0. The topological polar surface area (TPSA) is 66.8 Å². The predicted molar refractivity (Wildman–Crippen MR) is 93.8 cm³/mol. The van der Waals surface area contributed by atoms with E-state index in [0.717, 1.165) is 11.1 Å². The monoisotopic (exact) mass is 359 g/mol. The number of amides is 1. The molecule has 5 nitrogen and oxygen atoms in total. The van der Waals surface area contributed by atoms with E-state index in [4.69, 9.17) is 16.3 Å². The van der Waals surface area contributed by atoms with E-state index in [-0.39, 0.29) is 19.0 Å². The molecular weight excluding hydrogens is 342 g/mol. The summed E-state index contributed by atoms with van der Waals surface area (Å²) in [6, 6.07) is 14.4. The van der Waals surface area contributed by atoms with Gasteiger partial charge in [0.05, 0.1) is 12.5 Å². The lowest BCUT2D eigenvalue weighted by Gasteiger charge is -2.30. The van der Waals surface area contributed by atoms with Gasteiger partial charge in [-0.1, -0.05) is 41.9 Å². The van der Waals surface area contributed by atoms with Crippen LogP contribution in [0.25, 0.3) is 0 Å². The van der Waals surface area contributed by atoms with Crippen LogP contribution in [-0.2, 0) is 16.1 Å². The van der Waals surface area contributed by atoms with Crippen molar-refractivity contribution < 1.29 is 19.4 Å². The summed E-state index contributed by atoms with van der Waals surface area (Å²) >= 11 is 5.88. The Hall–Kier alpha value is -2.53. The lowest BCUT2D eigenvalue weighted by atomic mass is 9.91. The van der Waals surface area contributed by atoms with Crippen molar-refractivity contribution in [2.75, 3.05) is 13.2 Å². The summed E-state index contributed by atoms with van der Waals surface area (Å²) in [5.41, 5.74) is 1.64. The Labute approximate surface area is 150 Å². The first-order valence-corrected chi connectivity index (χ1v) is 8.39. The Morgan fingerprint density at radius 2 is 1.88 bits per heavy atom. The molecule has 130 valence electrons. The maximum absolute atomic E-state index is 13.0. The average molecular weight is 360 g/mol. The van der Waals surface area contributed by atoms with Crippen LogP contribution in [0.2, 0.25) is 5.02 Å². The lowest BCUT2D eigenvalue weighted by Crippen LogP contribution is -2.39. The van der Waals surface area contributed by atoms with Crippen LogP contribution in [0.4, 0.5) is 0 Å². The van der Waals surface area contributed by atoms with E-state index in [9.17, 15) is 14.7 Å². The molecule has 1 unspecified atom stereocenters. The van der Waals surface area contributed by atoms with Crippen LogP contribution in [0.15, 0.2) is 48.5 Å². The zero-order valence-corrected chi connectivity index (χ0v) is 14.3. The summed E-state index contributed by atoms with van der Waals surface area (Å²) in [5, 5.41) is 9.80. The van der Waals surface area contributed by atoms with Crippen LogP contribution in [0.3, 0.4) is 0 Å². The minimum Gasteiger partial charge on any atom is -0.493 e. The van der Waals surface area contributed by atoms with Gasteiger partial charge in [0.2, 0.25) is 5.91 Å². The molecule has 1 aliphatic heterocycles. The van der Waals surface area contributed by atoms with Gasteiger partial charge in [-0.3, -0.25) is 9.59 Å². The molecule has 0 bridgehead atoms. The fourth-order valence-electron chi connectivity index (χ4n) is 3.00. The van der Waals surface area contributed by atoms with Crippen molar-refractivity contribution in [3.8, 4) is 5.75 Å². The summed E-state index contributed by atoms with van der Waals surface area (Å²) < 4.78 is 5.59. The van der Waals surface area contributed by atoms with Crippen molar-refractivity contribution in [2.45, 2.75) is 18.9 Å². The molecular formula is C19H18ClNO4. The molecule has 0 saturated carbocycles. The number of hydrogen-bond acceptors (Lipinski definition) is 3. The largest absolute Gasteiger partial charge is 0.493 e. The number of carboxylic acids is 1. The van der Waals surface area contributed by atoms with Crippen LogP contribution in [0.1, 0.15) is 23.5 Å². The summed E-state index contributed by atoms with van der Waals surface area (Å²) in [6.45, 7) is 0.318. The van der Waals surface area contributed by atoms with Gasteiger partial charge in [-0.15, -0.1) is 0 Å². The van der Waals surface area contributed by atoms with Crippen LogP contribution in [0, 0.1) is 0 Å². The van der Waals surface area contributed by atoms with E-state index in [1.54, 1.807) is 24.3 Å². The van der Waals surface area contributed by atoms with Gasteiger partial charge in [0, 0.05) is 17.1 Å². The molecule has 1 aliphatic rings. The van der Waals surface area contributed by atoms with Crippen molar-refractivity contribution in [3.05, 3.63) is 64.7 Å². The molecule has 0 aliphatic carbocycles. The molecule has 6 heteroatoms. The number of aliphatic carboxylic acids is 1. The standard InChI is InChI=1S/C19H18ClNO4/c20-14-7-5-13(6-8-14)11-21(12-18(22)23)19(24)16-9-10-25-17-4-2-1-3-15(16)17/h1-8,16H,9-12H2,(H,22,23). The first kappa shape index (κ1) is 17.3. The highest BCUT2D eigenvalue weighted by molar-refractivity contribution is 6.30. The number of nitrogens with zero attached hydrogens (tertiary/aromatic N) is 1. The van der Waals surface area contributed by atoms with E-state index < -0.39 is 11.9 Å². The Bertz CT molecular complexity index is 775. The van der Waals surface area contributed by atoms with Gasteiger partial charge in [0.15, 0.2) is 0 Å². The fourth-order valence-corrected chi connectivity index (χ4v) is 3.13. The number of carboxylic acid groups (broad SMARTS) is 1. The minimum absolute atomic E-state index is 0.201. The number of para-hydroxylation sites is 1. The van der Waals surface area contributed by atoms with Crippen LogP contribution in [0.5, 0.6) is 5.75 Å². The number of benzene rings is 2. The molecule has 3 rings (SSSR count). The summed E-state index contributed by atoms with van der Waals surface area (Å²) in [4.78, 5) is 25.7. The van der Waals surface area contributed by atoms with Crippen LogP contribution >= 0.6 is 11.6 Å². The quantitative estimate of drug-likeness (QED) is 0.889. The van der Waals surface area contributed by atoms with Gasteiger partial charge in [-0.2, -0.15) is 0 Å². The molecule has 2 aromatic carbocycles. The predicted octanol–water partition coefficient (Wildman–Crippen LogP) is 3.32. The third kappa shape index (κ3) is 4.12. The van der Waals surface area contributed by atoms with Crippen molar-refractivity contribution in [1.82, 2.24) is 4.90 Å². The molecule has 1 N–H and O–H groups in total. The van der Waals surface area contributed by atoms with Gasteiger partial charge >= 0.3 is 5.97 Å². The second-order valence-electron chi connectivity index (χ2n) is 5.94. The zero-order chi connectivity index (χ0) is 17.8. The van der Waals surface area contributed by atoms with Crippen LogP contribution in [-0.4, -0.2) is 35.0 Å². The first-order valence-electron chi connectivity index (χ1n) is 8.01. The molecule has 0 saturated heterocycles.